The van der Waals surface area contributed by atoms with Gasteiger partial charge in [-0.3, -0.25) is 14.2 Å². The normalized spacial score (nSPS) is 14.7. The van der Waals surface area contributed by atoms with Gasteiger partial charge in [0.15, 0.2) is 5.69 Å². The van der Waals surface area contributed by atoms with E-state index < -0.39 is 11.9 Å². The molecule has 0 aliphatic heterocycles. The van der Waals surface area contributed by atoms with E-state index in [0.29, 0.717) is 25.2 Å². The predicted molar refractivity (Wildman–Crippen MR) is 83.8 cm³/mol. The zero-order valence-electron chi connectivity index (χ0n) is 13.9. The fourth-order valence-corrected chi connectivity index (χ4v) is 2.67. The molecule has 0 radical (unpaired) electrons. The highest BCUT2D eigenvalue weighted by Crippen LogP contribution is 2.42. The Kier molecular flexibility index (Phi) is 4.82. The molecule has 1 N–H and O–H groups in total. The standard InChI is InChI=1S/C16H20F3N5O/c1-11-5-7-21-24(11)10-15(25)20-6-2-8-23-13(12-3-4-12)9-14(22-23)16(17,18)19/h5,7,9,12H,2-4,6,8,10H2,1H3,(H,20,25). The quantitative estimate of drug-likeness (QED) is 0.776. The monoisotopic (exact) mass is 355 g/mol. The van der Waals surface area contributed by atoms with Crippen LogP contribution in [-0.4, -0.2) is 32.0 Å². The second-order valence-corrected chi connectivity index (χ2v) is 6.28. The van der Waals surface area contributed by atoms with Crippen molar-refractivity contribution in [2.75, 3.05) is 6.54 Å². The first-order valence-electron chi connectivity index (χ1n) is 8.24. The van der Waals surface area contributed by atoms with E-state index in [-0.39, 0.29) is 18.4 Å². The Balaban J connectivity index is 1.49. The van der Waals surface area contributed by atoms with Crippen molar-refractivity contribution in [3.63, 3.8) is 0 Å². The number of hydrogen-bond donors (Lipinski definition) is 1. The highest BCUT2D eigenvalue weighted by Gasteiger charge is 2.37. The van der Waals surface area contributed by atoms with Crippen LogP contribution in [0.15, 0.2) is 18.3 Å². The Morgan fingerprint density at radius 2 is 2.12 bits per heavy atom. The van der Waals surface area contributed by atoms with Crippen LogP contribution in [0.3, 0.4) is 0 Å². The summed E-state index contributed by atoms with van der Waals surface area (Å²) >= 11 is 0. The van der Waals surface area contributed by atoms with Gasteiger partial charge in [0.05, 0.1) is 0 Å². The maximum absolute atomic E-state index is 12.8. The van der Waals surface area contributed by atoms with Crippen LogP contribution >= 0.6 is 0 Å². The van der Waals surface area contributed by atoms with Gasteiger partial charge in [-0.1, -0.05) is 0 Å². The summed E-state index contributed by atoms with van der Waals surface area (Å²) in [7, 11) is 0. The number of carbonyl (C=O) groups excluding carboxylic acids is 1. The molecule has 1 aliphatic carbocycles. The number of aryl methyl sites for hydroxylation is 2. The van der Waals surface area contributed by atoms with Crippen molar-refractivity contribution in [3.05, 3.63) is 35.4 Å². The molecule has 2 aromatic heterocycles. The maximum Gasteiger partial charge on any atom is 0.435 e. The van der Waals surface area contributed by atoms with Crippen molar-refractivity contribution < 1.29 is 18.0 Å². The van der Waals surface area contributed by atoms with Crippen LogP contribution in [-0.2, 0) is 24.1 Å². The summed E-state index contributed by atoms with van der Waals surface area (Å²) in [5, 5.41) is 10.5. The summed E-state index contributed by atoms with van der Waals surface area (Å²) in [4.78, 5) is 11.9. The molecule has 0 atom stereocenters. The second-order valence-electron chi connectivity index (χ2n) is 6.28. The molecular formula is C16H20F3N5O. The van der Waals surface area contributed by atoms with Crippen LogP contribution in [0, 0.1) is 6.92 Å². The van der Waals surface area contributed by atoms with E-state index in [0.717, 1.165) is 24.6 Å². The first-order chi connectivity index (χ1) is 11.8. The molecule has 6 nitrogen and oxygen atoms in total. The molecule has 9 heteroatoms. The van der Waals surface area contributed by atoms with Crippen LogP contribution in [0.2, 0.25) is 0 Å². The third kappa shape index (κ3) is 4.40. The number of carbonyl (C=O) groups is 1. The Morgan fingerprint density at radius 1 is 1.36 bits per heavy atom. The van der Waals surface area contributed by atoms with Gasteiger partial charge in [0, 0.05) is 36.6 Å². The Morgan fingerprint density at radius 3 is 2.72 bits per heavy atom. The van der Waals surface area contributed by atoms with Gasteiger partial charge in [-0.25, -0.2) is 0 Å². The fourth-order valence-electron chi connectivity index (χ4n) is 2.67. The number of nitrogens with zero attached hydrogens (tertiary/aromatic N) is 4. The first kappa shape index (κ1) is 17.5. The summed E-state index contributed by atoms with van der Waals surface area (Å²) in [6.07, 6.45) is -0.475. The van der Waals surface area contributed by atoms with Gasteiger partial charge >= 0.3 is 6.18 Å². The first-order valence-corrected chi connectivity index (χ1v) is 8.24. The molecule has 1 aliphatic rings. The molecule has 3 rings (SSSR count). The number of aromatic nitrogens is 4. The smallest absolute Gasteiger partial charge is 0.354 e. The summed E-state index contributed by atoms with van der Waals surface area (Å²) in [6.45, 7) is 2.72. The third-order valence-corrected chi connectivity index (χ3v) is 4.19. The lowest BCUT2D eigenvalue weighted by Gasteiger charge is -2.09. The van der Waals surface area contributed by atoms with Crippen LogP contribution in [0.1, 0.15) is 42.3 Å². The lowest BCUT2D eigenvalue weighted by Crippen LogP contribution is -2.29. The van der Waals surface area contributed by atoms with Crippen LogP contribution in [0.5, 0.6) is 0 Å². The van der Waals surface area contributed by atoms with Crippen molar-refractivity contribution in [2.24, 2.45) is 0 Å². The van der Waals surface area contributed by atoms with Crippen molar-refractivity contribution in [2.45, 2.75) is 51.4 Å². The number of hydrogen-bond acceptors (Lipinski definition) is 3. The van der Waals surface area contributed by atoms with Gasteiger partial charge in [0.1, 0.15) is 6.54 Å². The molecule has 1 amide bonds. The minimum absolute atomic E-state index is 0.131. The van der Waals surface area contributed by atoms with E-state index in [4.69, 9.17) is 0 Å². The molecule has 136 valence electrons. The number of amides is 1. The number of nitrogens with one attached hydrogen (secondary N) is 1. The van der Waals surface area contributed by atoms with E-state index in [1.807, 2.05) is 13.0 Å². The topological polar surface area (TPSA) is 64.7 Å². The minimum Gasteiger partial charge on any atom is -0.354 e. The van der Waals surface area contributed by atoms with Crippen molar-refractivity contribution in [1.29, 1.82) is 0 Å². The average Bonchev–Trinajstić information content (AvgIpc) is 3.16. The SMILES string of the molecule is Cc1ccnn1CC(=O)NCCCn1nc(C(F)(F)F)cc1C1CC1. The Bertz CT molecular complexity index is 745. The molecule has 0 bridgehead atoms. The molecule has 1 fully saturated rings. The van der Waals surface area contributed by atoms with Gasteiger partial charge in [0.25, 0.3) is 0 Å². The van der Waals surface area contributed by atoms with E-state index >= 15 is 0 Å². The minimum atomic E-state index is -4.43. The molecule has 2 heterocycles. The van der Waals surface area contributed by atoms with Crippen molar-refractivity contribution in [1.82, 2.24) is 24.9 Å². The number of alkyl halides is 3. The molecule has 0 unspecified atom stereocenters. The van der Waals surface area contributed by atoms with Crippen molar-refractivity contribution in [3.8, 4) is 0 Å². The van der Waals surface area contributed by atoms with Gasteiger partial charge in [-0.15, -0.1) is 0 Å². The van der Waals surface area contributed by atoms with E-state index in [1.165, 1.54) is 4.68 Å². The van der Waals surface area contributed by atoms with Gasteiger partial charge in [-0.2, -0.15) is 23.4 Å². The third-order valence-electron chi connectivity index (χ3n) is 4.19. The number of rotatable bonds is 7. The van der Waals surface area contributed by atoms with Gasteiger partial charge in [-0.05, 0) is 38.3 Å². The largest absolute Gasteiger partial charge is 0.435 e. The molecule has 0 spiro atoms. The fraction of sp³-hybridized carbons (Fsp3) is 0.562. The summed E-state index contributed by atoms with van der Waals surface area (Å²) in [6, 6.07) is 2.96. The summed E-state index contributed by atoms with van der Waals surface area (Å²) in [5.41, 5.74) is 0.693. The molecule has 2 aromatic rings. The second kappa shape index (κ2) is 6.89. The van der Waals surface area contributed by atoms with Gasteiger partial charge in [0.2, 0.25) is 5.91 Å². The summed E-state index contributed by atoms with van der Waals surface area (Å²) in [5.74, 6) is 0.00615. The van der Waals surface area contributed by atoms with Crippen LogP contribution < -0.4 is 5.32 Å². The van der Waals surface area contributed by atoms with Crippen molar-refractivity contribution >= 4 is 5.91 Å². The molecular weight excluding hydrogens is 335 g/mol. The summed E-state index contributed by atoms with van der Waals surface area (Å²) < 4.78 is 41.5. The molecule has 25 heavy (non-hydrogen) atoms. The van der Waals surface area contributed by atoms with E-state index in [9.17, 15) is 18.0 Å². The van der Waals surface area contributed by atoms with Crippen LogP contribution in [0.25, 0.3) is 0 Å². The van der Waals surface area contributed by atoms with Crippen LogP contribution in [0.4, 0.5) is 13.2 Å². The van der Waals surface area contributed by atoms with E-state index in [2.05, 4.69) is 15.5 Å². The zero-order valence-corrected chi connectivity index (χ0v) is 13.9. The average molecular weight is 355 g/mol. The Labute approximate surface area is 143 Å². The highest BCUT2D eigenvalue weighted by molar-refractivity contribution is 5.75. The lowest BCUT2D eigenvalue weighted by molar-refractivity contribution is -0.141. The predicted octanol–water partition coefficient (Wildman–Crippen LogP) is 2.49. The lowest BCUT2D eigenvalue weighted by atomic mass is 10.2. The molecule has 0 saturated heterocycles. The van der Waals surface area contributed by atoms with E-state index in [1.54, 1.807) is 10.9 Å². The van der Waals surface area contributed by atoms with Gasteiger partial charge < -0.3 is 5.32 Å². The molecule has 0 aromatic carbocycles. The Hall–Kier alpha value is -2.32. The molecule has 1 saturated carbocycles. The number of halogens is 3. The zero-order chi connectivity index (χ0) is 18.0. The highest BCUT2D eigenvalue weighted by atomic mass is 19.4. The maximum atomic E-state index is 12.8.